The molecule has 1 aliphatic rings. The first-order valence-corrected chi connectivity index (χ1v) is 13.3. The van der Waals surface area contributed by atoms with Crippen molar-refractivity contribution >= 4 is 46.2 Å². The monoisotopic (exact) mass is 528 g/mol. The highest BCUT2D eigenvalue weighted by Crippen LogP contribution is 2.31. The van der Waals surface area contributed by atoms with Crippen molar-refractivity contribution in [3.8, 4) is 11.5 Å². The number of aryl methyl sites for hydroxylation is 1. The van der Waals surface area contributed by atoms with Gasteiger partial charge in [-0.2, -0.15) is 0 Å². The number of hydrogen-bond donors (Lipinski definition) is 0. The van der Waals surface area contributed by atoms with Crippen molar-refractivity contribution in [3.63, 3.8) is 0 Å². The van der Waals surface area contributed by atoms with Crippen molar-refractivity contribution in [2.24, 2.45) is 4.99 Å². The Morgan fingerprint density at radius 1 is 0.973 bits per heavy atom. The van der Waals surface area contributed by atoms with Gasteiger partial charge in [0, 0.05) is 10.6 Å². The maximum Gasteiger partial charge on any atom is 0.283 e. The average Bonchev–Trinajstić information content (AvgIpc) is 3.49. The van der Waals surface area contributed by atoms with Crippen molar-refractivity contribution in [2.45, 2.75) is 32.4 Å². The molecule has 0 fully saturated rings. The number of halogens is 1. The van der Waals surface area contributed by atoms with Crippen LogP contribution in [0.4, 0.5) is 5.69 Å². The Labute approximate surface area is 225 Å². The Kier molecular flexibility index (Phi) is 7.26. The van der Waals surface area contributed by atoms with Crippen LogP contribution in [0.15, 0.2) is 87.9 Å². The molecule has 8 heteroatoms. The van der Waals surface area contributed by atoms with Gasteiger partial charge in [-0.25, -0.2) is 4.99 Å². The molecular formula is C29H25ClN4O2S. The van der Waals surface area contributed by atoms with E-state index < -0.39 is 0 Å². The summed E-state index contributed by atoms with van der Waals surface area (Å²) in [6.45, 7) is 6.32. The van der Waals surface area contributed by atoms with Crippen LogP contribution in [0.5, 0.6) is 0 Å². The molecule has 186 valence electrons. The number of thioether (sulfide) groups is 1. The predicted molar refractivity (Wildman–Crippen MR) is 151 cm³/mol. The summed E-state index contributed by atoms with van der Waals surface area (Å²) in [5.41, 5.74) is 5.22. The van der Waals surface area contributed by atoms with E-state index in [9.17, 15) is 4.79 Å². The van der Waals surface area contributed by atoms with Gasteiger partial charge in [0.05, 0.1) is 11.4 Å². The van der Waals surface area contributed by atoms with Crippen LogP contribution in [0.3, 0.4) is 0 Å². The Morgan fingerprint density at radius 2 is 1.68 bits per heavy atom. The molecule has 6 nitrogen and oxygen atoms in total. The summed E-state index contributed by atoms with van der Waals surface area (Å²) in [5, 5.41) is 9.52. The van der Waals surface area contributed by atoms with E-state index in [1.165, 1.54) is 17.3 Å². The number of amides is 1. The highest BCUT2D eigenvalue weighted by molar-refractivity contribution is 8.13. The fourth-order valence-electron chi connectivity index (χ4n) is 3.80. The molecule has 0 saturated heterocycles. The third kappa shape index (κ3) is 5.68. The number of carbonyl (C=O) groups is 1. The summed E-state index contributed by atoms with van der Waals surface area (Å²) in [7, 11) is 0. The van der Waals surface area contributed by atoms with Crippen LogP contribution in [0, 0.1) is 6.92 Å². The molecule has 1 aliphatic heterocycles. The van der Waals surface area contributed by atoms with Crippen molar-refractivity contribution in [1.82, 2.24) is 10.2 Å². The maximum absolute atomic E-state index is 13.5. The van der Waals surface area contributed by atoms with Crippen LogP contribution in [0.1, 0.15) is 42.3 Å². The van der Waals surface area contributed by atoms with Gasteiger partial charge in [-0.05, 0) is 66.4 Å². The number of aromatic nitrogens is 2. The zero-order valence-electron chi connectivity index (χ0n) is 20.7. The van der Waals surface area contributed by atoms with Gasteiger partial charge in [0.2, 0.25) is 11.8 Å². The first-order valence-electron chi connectivity index (χ1n) is 11.9. The molecule has 4 aromatic rings. The number of anilines is 1. The van der Waals surface area contributed by atoms with E-state index in [0.717, 1.165) is 22.4 Å². The summed E-state index contributed by atoms with van der Waals surface area (Å²) >= 11 is 7.35. The molecule has 2 heterocycles. The first-order chi connectivity index (χ1) is 17.9. The maximum atomic E-state index is 13.5. The minimum absolute atomic E-state index is 0.174. The Balaban J connectivity index is 1.40. The molecule has 0 N–H and O–H groups in total. The van der Waals surface area contributed by atoms with Gasteiger partial charge >= 0.3 is 0 Å². The SMILES string of the molecule is Cc1ccc(N2C(=O)C(=Cc3ccc(C(C)C)cc3)N=C2SCc2nnc(-c3ccc(Cl)cc3)o2)cc1. The second-order valence-corrected chi connectivity index (χ2v) is 10.4. The fourth-order valence-corrected chi connectivity index (χ4v) is 4.77. The zero-order valence-corrected chi connectivity index (χ0v) is 22.3. The fraction of sp³-hybridized carbons (Fsp3) is 0.172. The minimum Gasteiger partial charge on any atom is -0.420 e. The lowest BCUT2D eigenvalue weighted by atomic mass is 10.0. The summed E-state index contributed by atoms with van der Waals surface area (Å²) in [6, 6.07) is 23.2. The van der Waals surface area contributed by atoms with Gasteiger partial charge in [0.25, 0.3) is 5.91 Å². The molecule has 0 unspecified atom stereocenters. The van der Waals surface area contributed by atoms with Crippen LogP contribution < -0.4 is 4.90 Å². The van der Waals surface area contributed by atoms with Gasteiger partial charge < -0.3 is 4.42 Å². The second kappa shape index (κ2) is 10.7. The summed E-state index contributed by atoms with van der Waals surface area (Å²) in [4.78, 5) is 19.8. The van der Waals surface area contributed by atoms with E-state index in [4.69, 9.17) is 21.0 Å². The van der Waals surface area contributed by atoms with Crippen LogP contribution >= 0.6 is 23.4 Å². The number of amidine groups is 1. The van der Waals surface area contributed by atoms with Crippen molar-refractivity contribution < 1.29 is 9.21 Å². The number of benzene rings is 3. The quantitative estimate of drug-likeness (QED) is 0.242. The highest BCUT2D eigenvalue weighted by Gasteiger charge is 2.32. The van der Waals surface area contributed by atoms with E-state index in [-0.39, 0.29) is 5.91 Å². The van der Waals surface area contributed by atoms with Gasteiger partial charge in [0.1, 0.15) is 5.70 Å². The Morgan fingerprint density at radius 3 is 2.35 bits per heavy atom. The van der Waals surface area contributed by atoms with Crippen molar-refractivity contribution in [1.29, 1.82) is 0 Å². The number of nitrogens with zero attached hydrogens (tertiary/aromatic N) is 4. The molecule has 3 aromatic carbocycles. The predicted octanol–water partition coefficient (Wildman–Crippen LogP) is 7.50. The Bertz CT molecular complexity index is 1470. The van der Waals surface area contributed by atoms with Crippen LogP contribution in [0.2, 0.25) is 5.02 Å². The second-order valence-electron chi connectivity index (χ2n) is 9.02. The van der Waals surface area contributed by atoms with Crippen LogP contribution in [0.25, 0.3) is 17.5 Å². The molecule has 37 heavy (non-hydrogen) atoms. The van der Waals surface area contributed by atoms with Gasteiger partial charge in [-0.1, -0.05) is 79.2 Å². The Hall–Kier alpha value is -3.68. The molecule has 0 atom stereocenters. The summed E-state index contributed by atoms with van der Waals surface area (Å²) in [6.07, 6.45) is 1.83. The van der Waals surface area contributed by atoms with E-state index in [2.05, 4.69) is 36.2 Å². The molecular weight excluding hydrogens is 504 g/mol. The largest absolute Gasteiger partial charge is 0.420 e. The third-order valence-corrected chi connectivity index (χ3v) is 7.09. The summed E-state index contributed by atoms with van der Waals surface area (Å²) in [5.74, 6) is 1.49. The topological polar surface area (TPSA) is 71.6 Å². The molecule has 1 amide bonds. The molecule has 0 radical (unpaired) electrons. The lowest BCUT2D eigenvalue weighted by Gasteiger charge is -2.17. The minimum atomic E-state index is -0.174. The lowest BCUT2D eigenvalue weighted by Crippen LogP contribution is -2.30. The van der Waals surface area contributed by atoms with Gasteiger partial charge in [-0.15, -0.1) is 10.2 Å². The molecule has 1 aromatic heterocycles. The van der Waals surface area contributed by atoms with Crippen molar-refractivity contribution in [3.05, 3.63) is 106 Å². The van der Waals surface area contributed by atoms with E-state index in [1.54, 1.807) is 17.0 Å². The van der Waals surface area contributed by atoms with E-state index in [0.29, 0.717) is 39.3 Å². The number of hydrogen-bond acceptors (Lipinski definition) is 6. The van der Waals surface area contributed by atoms with E-state index in [1.807, 2.05) is 61.5 Å². The third-order valence-electron chi connectivity index (χ3n) is 5.91. The highest BCUT2D eigenvalue weighted by atomic mass is 35.5. The smallest absolute Gasteiger partial charge is 0.283 e. The first kappa shape index (κ1) is 25.0. The molecule has 0 spiro atoms. The standard InChI is InChI=1S/C29H25ClN4O2S/c1-18(2)21-8-6-20(7-9-21)16-25-28(35)34(24-14-4-19(3)5-15-24)29(31-25)37-17-26-32-33-27(36-26)22-10-12-23(30)13-11-22/h4-16,18H,17H2,1-3H3. The number of aliphatic imine (C=N–C) groups is 1. The number of rotatable bonds is 6. The van der Waals surface area contributed by atoms with Crippen molar-refractivity contribution in [2.75, 3.05) is 4.90 Å². The average molecular weight is 529 g/mol. The normalized spacial score (nSPS) is 14.6. The molecule has 0 aliphatic carbocycles. The van der Waals surface area contributed by atoms with E-state index >= 15 is 0 Å². The van der Waals surface area contributed by atoms with Gasteiger partial charge in [-0.3, -0.25) is 9.69 Å². The molecule has 5 rings (SSSR count). The van der Waals surface area contributed by atoms with Crippen LogP contribution in [-0.2, 0) is 10.5 Å². The van der Waals surface area contributed by atoms with Crippen LogP contribution in [-0.4, -0.2) is 21.3 Å². The zero-order chi connectivity index (χ0) is 25.9. The summed E-state index contributed by atoms with van der Waals surface area (Å²) < 4.78 is 5.85. The lowest BCUT2D eigenvalue weighted by molar-refractivity contribution is -0.113. The molecule has 0 bridgehead atoms. The van der Waals surface area contributed by atoms with Gasteiger partial charge in [0.15, 0.2) is 5.17 Å². The number of carbonyl (C=O) groups excluding carboxylic acids is 1. The molecule has 0 saturated carbocycles.